The smallest absolute Gasteiger partial charge is 0.248 e. The van der Waals surface area contributed by atoms with Crippen LogP contribution in [-0.2, 0) is 24.2 Å². The van der Waals surface area contributed by atoms with E-state index in [1.165, 1.54) is 4.80 Å². The predicted octanol–water partition coefficient (Wildman–Crippen LogP) is 3.87. The molecule has 0 fully saturated rings. The van der Waals surface area contributed by atoms with Crippen molar-refractivity contribution in [3.8, 4) is 11.4 Å². The molecule has 1 aromatic heterocycles. The molecule has 7 heteroatoms. The van der Waals surface area contributed by atoms with E-state index in [9.17, 15) is 4.79 Å². The van der Waals surface area contributed by atoms with Crippen molar-refractivity contribution in [2.75, 3.05) is 5.32 Å². The van der Waals surface area contributed by atoms with Gasteiger partial charge in [-0.3, -0.25) is 4.79 Å². The van der Waals surface area contributed by atoms with E-state index >= 15 is 0 Å². The van der Waals surface area contributed by atoms with Crippen LogP contribution >= 0.6 is 15.9 Å². The molecule has 6 nitrogen and oxygen atoms in total. The van der Waals surface area contributed by atoms with Crippen LogP contribution in [0.4, 0.5) is 5.69 Å². The summed E-state index contributed by atoms with van der Waals surface area (Å²) in [5.41, 5.74) is 4.00. The highest BCUT2D eigenvalue weighted by Gasteiger charge is 2.13. The lowest BCUT2D eigenvalue weighted by Crippen LogP contribution is -2.22. The number of tetrazole rings is 1. The van der Waals surface area contributed by atoms with Crippen molar-refractivity contribution in [1.29, 1.82) is 0 Å². The van der Waals surface area contributed by atoms with E-state index in [2.05, 4.69) is 50.5 Å². The Morgan fingerprint density at radius 2 is 1.73 bits per heavy atom. The molecule has 0 saturated heterocycles. The van der Waals surface area contributed by atoms with Crippen LogP contribution in [0.5, 0.6) is 0 Å². The number of hydrogen-bond donors (Lipinski definition) is 1. The average Bonchev–Trinajstić information content (AvgIpc) is 3.10. The fraction of sp³-hybridized carbons (Fsp3) is 0.263. The van der Waals surface area contributed by atoms with Gasteiger partial charge in [0.2, 0.25) is 11.7 Å². The quantitative estimate of drug-likeness (QED) is 0.665. The summed E-state index contributed by atoms with van der Waals surface area (Å²) in [6.45, 7) is 4.17. The second kappa shape index (κ2) is 8.23. The third-order valence-corrected chi connectivity index (χ3v) is 4.63. The number of anilines is 1. The third-order valence-electron chi connectivity index (χ3n) is 4.10. The zero-order chi connectivity index (χ0) is 18.5. The number of para-hydroxylation sites is 1. The minimum Gasteiger partial charge on any atom is -0.324 e. The Morgan fingerprint density at radius 1 is 1.08 bits per heavy atom. The van der Waals surface area contributed by atoms with Crippen LogP contribution in [-0.4, -0.2) is 26.1 Å². The van der Waals surface area contributed by atoms with Crippen LogP contribution in [0.2, 0.25) is 0 Å². The van der Waals surface area contributed by atoms with Gasteiger partial charge in [0.1, 0.15) is 6.54 Å². The first-order valence-electron chi connectivity index (χ1n) is 8.55. The van der Waals surface area contributed by atoms with E-state index in [-0.39, 0.29) is 12.5 Å². The Bertz CT molecular complexity index is 882. The summed E-state index contributed by atoms with van der Waals surface area (Å²) in [4.78, 5) is 13.8. The highest BCUT2D eigenvalue weighted by molar-refractivity contribution is 9.10. The molecular formula is C19H20BrN5O. The largest absolute Gasteiger partial charge is 0.324 e. The Balaban J connectivity index is 1.73. The molecule has 0 bridgehead atoms. The fourth-order valence-corrected chi connectivity index (χ4v) is 3.00. The number of nitrogens with zero attached hydrogens (tertiary/aromatic N) is 4. The number of carbonyl (C=O) groups excluding carboxylic acids is 1. The minimum absolute atomic E-state index is 0.0186. The van der Waals surface area contributed by atoms with Gasteiger partial charge in [0.15, 0.2) is 0 Å². The molecule has 0 spiro atoms. The summed E-state index contributed by atoms with van der Waals surface area (Å²) in [6, 6.07) is 13.7. The molecule has 26 heavy (non-hydrogen) atoms. The van der Waals surface area contributed by atoms with Crippen LogP contribution < -0.4 is 5.32 Å². The maximum atomic E-state index is 12.5. The number of hydrogen-bond acceptors (Lipinski definition) is 4. The molecule has 134 valence electrons. The number of carbonyl (C=O) groups is 1. The van der Waals surface area contributed by atoms with Crippen LogP contribution in [0.3, 0.4) is 0 Å². The SMILES string of the molecule is CCc1cccc(CC)c1NC(=O)Cn1nnc(-c2ccc(Br)cc2)n1. The van der Waals surface area contributed by atoms with Gasteiger partial charge in [-0.1, -0.05) is 48.0 Å². The van der Waals surface area contributed by atoms with Gasteiger partial charge in [0.05, 0.1) is 0 Å². The summed E-state index contributed by atoms with van der Waals surface area (Å²) >= 11 is 3.40. The summed E-state index contributed by atoms with van der Waals surface area (Å²) < 4.78 is 0.981. The number of aryl methyl sites for hydroxylation is 2. The Kier molecular flexibility index (Phi) is 5.78. The molecule has 0 aliphatic carbocycles. The second-order valence-corrected chi connectivity index (χ2v) is 6.77. The molecule has 3 aromatic rings. The molecule has 0 atom stereocenters. The van der Waals surface area contributed by atoms with Crippen LogP contribution in [0, 0.1) is 0 Å². The van der Waals surface area contributed by atoms with E-state index in [1.807, 2.05) is 42.5 Å². The van der Waals surface area contributed by atoms with Crippen molar-refractivity contribution < 1.29 is 4.79 Å². The number of rotatable bonds is 6. The maximum absolute atomic E-state index is 12.5. The minimum atomic E-state index is -0.166. The van der Waals surface area contributed by atoms with E-state index < -0.39 is 0 Å². The van der Waals surface area contributed by atoms with E-state index in [0.717, 1.165) is 39.7 Å². The lowest BCUT2D eigenvalue weighted by atomic mass is 10.0. The fourth-order valence-electron chi connectivity index (χ4n) is 2.74. The van der Waals surface area contributed by atoms with Gasteiger partial charge in [0.25, 0.3) is 0 Å². The van der Waals surface area contributed by atoms with Crippen molar-refractivity contribution >= 4 is 27.5 Å². The third kappa shape index (κ3) is 4.16. The first-order chi connectivity index (χ1) is 12.6. The van der Waals surface area contributed by atoms with Gasteiger partial charge in [-0.2, -0.15) is 4.80 Å². The number of aromatic nitrogens is 4. The van der Waals surface area contributed by atoms with E-state index in [1.54, 1.807) is 0 Å². The lowest BCUT2D eigenvalue weighted by molar-refractivity contribution is -0.117. The van der Waals surface area contributed by atoms with E-state index in [4.69, 9.17) is 0 Å². The van der Waals surface area contributed by atoms with Crippen LogP contribution in [0.15, 0.2) is 46.9 Å². The van der Waals surface area contributed by atoms with Gasteiger partial charge in [-0.05, 0) is 53.4 Å². The zero-order valence-electron chi connectivity index (χ0n) is 14.7. The van der Waals surface area contributed by atoms with Gasteiger partial charge in [0, 0.05) is 15.7 Å². The molecule has 1 amide bonds. The zero-order valence-corrected chi connectivity index (χ0v) is 16.3. The number of nitrogens with one attached hydrogen (secondary N) is 1. The van der Waals surface area contributed by atoms with E-state index in [0.29, 0.717) is 5.82 Å². The van der Waals surface area contributed by atoms with Gasteiger partial charge in [-0.25, -0.2) is 0 Å². The number of halogens is 1. The Hall–Kier alpha value is -2.54. The maximum Gasteiger partial charge on any atom is 0.248 e. The molecule has 0 aliphatic rings. The topological polar surface area (TPSA) is 72.7 Å². The van der Waals surface area contributed by atoms with Crippen molar-refractivity contribution in [1.82, 2.24) is 20.2 Å². The van der Waals surface area contributed by atoms with Gasteiger partial charge < -0.3 is 5.32 Å². The standard InChI is InChI=1S/C19H20BrN5O/c1-3-13-6-5-7-14(4-2)18(13)21-17(26)12-25-23-19(22-24-25)15-8-10-16(20)11-9-15/h5-11H,3-4,12H2,1-2H3,(H,21,26). The first-order valence-corrected chi connectivity index (χ1v) is 9.34. The molecule has 1 heterocycles. The first kappa shape index (κ1) is 18.3. The average molecular weight is 414 g/mol. The molecule has 0 saturated carbocycles. The highest BCUT2D eigenvalue weighted by Crippen LogP contribution is 2.22. The normalized spacial score (nSPS) is 10.7. The highest BCUT2D eigenvalue weighted by atomic mass is 79.9. The molecule has 1 N–H and O–H groups in total. The van der Waals surface area contributed by atoms with Crippen molar-refractivity contribution in [2.45, 2.75) is 33.2 Å². The molecule has 0 radical (unpaired) electrons. The Morgan fingerprint density at radius 3 is 2.35 bits per heavy atom. The predicted molar refractivity (Wildman–Crippen MR) is 105 cm³/mol. The second-order valence-electron chi connectivity index (χ2n) is 5.86. The summed E-state index contributed by atoms with van der Waals surface area (Å²) in [6.07, 6.45) is 1.72. The summed E-state index contributed by atoms with van der Waals surface area (Å²) in [5, 5.41) is 15.3. The Labute approximate surface area is 160 Å². The van der Waals surface area contributed by atoms with Gasteiger partial charge >= 0.3 is 0 Å². The summed E-state index contributed by atoms with van der Waals surface area (Å²) in [7, 11) is 0. The molecular weight excluding hydrogens is 394 g/mol. The van der Waals surface area contributed by atoms with Crippen molar-refractivity contribution in [3.05, 3.63) is 58.1 Å². The summed E-state index contributed by atoms with van der Waals surface area (Å²) in [5.74, 6) is 0.328. The number of benzene rings is 2. The van der Waals surface area contributed by atoms with Crippen LogP contribution in [0.25, 0.3) is 11.4 Å². The lowest BCUT2D eigenvalue weighted by Gasteiger charge is -2.14. The van der Waals surface area contributed by atoms with Crippen LogP contribution in [0.1, 0.15) is 25.0 Å². The number of amides is 1. The molecule has 0 unspecified atom stereocenters. The van der Waals surface area contributed by atoms with Crippen molar-refractivity contribution in [3.63, 3.8) is 0 Å². The monoisotopic (exact) mass is 413 g/mol. The molecule has 0 aliphatic heterocycles. The van der Waals surface area contributed by atoms with Crippen molar-refractivity contribution in [2.24, 2.45) is 0 Å². The molecule has 3 rings (SSSR count). The molecule has 2 aromatic carbocycles. The van der Waals surface area contributed by atoms with Gasteiger partial charge in [-0.15, -0.1) is 10.2 Å².